The lowest BCUT2D eigenvalue weighted by molar-refractivity contribution is 0.102. The van der Waals surface area contributed by atoms with Crippen LogP contribution in [0.4, 0.5) is 0 Å². The molecule has 0 aliphatic rings. The van der Waals surface area contributed by atoms with Crippen molar-refractivity contribution in [1.82, 2.24) is 14.8 Å². The largest absolute Gasteiger partial charge is 0.287 e. The van der Waals surface area contributed by atoms with Gasteiger partial charge < -0.3 is 0 Å². The number of hydrogen-bond donors (Lipinski definition) is 0. The van der Waals surface area contributed by atoms with Crippen LogP contribution in [0, 0.1) is 0 Å². The highest BCUT2D eigenvalue weighted by molar-refractivity contribution is 6.07. The van der Waals surface area contributed by atoms with Gasteiger partial charge in [-0.3, -0.25) is 14.5 Å². The van der Waals surface area contributed by atoms with Crippen LogP contribution in [-0.2, 0) is 6.54 Å². The van der Waals surface area contributed by atoms with Crippen LogP contribution in [0.3, 0.4) is 0 Å². The number of pyridine rings is 1. The zero-order valence-corrected chi connectivity index (χ0v) is 8.42. The van der Waals surface area contributed by atoms with Crippen molar-refractivity contribution < 1.29 is 4.79 Å². The summed E-state index contributed by atoms with van der Waals surface area (Å²) in [6.45, 7) is 2.64. The molecule has 0 unspecified atom stereocenters. The molecule has 0 aliphatic carbocycles. The highest BCUT2D eigenvalue weighted by Gasteiger charge is 2.12. The molecule has 0 amide bonds. The summed E-state index contributed by atoms with van der Waals surface area (Å²) < 4.78 is 1.68. The number of nitrogens with zero attached hydrogens (tertiary/aromatic N) is 3. The van der Waals surface area contributed by atoms with Crippen LogP contribution in [0.5, 0.6) is 0 Å². The molecular weight excluding hydrogens is 190 g/mol. The number of aromatic nitrogens is 3. The smallest absolute Gasteiger partial charge is 0.212 e. The van der Waals surface area contributed by atoms with Gasteiger partial charge in [0.25, 0.3) is 0 Å². The van der Waals surface area contributed by atoms with Gasteiger partial charge in [-0.25, -0.2) is 0 Å². The predicted molar refractivity (Wildman–Crippen MR) is 55.6 cm³/mol. The summed E-state index contributed by atoms with van der Waals surface area (Å²) in [5, 5.41) is 4.06. The molecule has 2 heterocycles. The number of rotatable bonds is 3. The summed E-state index contributed by atoms with van der Waals surface area (Å²) in [5.74, 6) is -0.0394. The summed E-state index contributed by atoms with van der Waals surface area (Å²) in [6.07, 6.45) is 4.84. The Bertz CT molecular complexity index is 462. The molecule has 0 N–H and O–H groups in total. The minimum Gasteiger partial charge on any atom is -0.287 e. The Hall–Kier alpha value is -1.97. The fourth-order valence-electron chi connectivity index (χ4n) is 1.42. The van der Waals surface area contributed by atoms with Gasteiger partial charge in [0, 0.05) is 30.7 Å². The van der Waals surface area contributed by atoms with Gasteiger partial charge in [-0.2, -0.15) is 5.10 Å². The molecular formula is C11H11N3O. The number of ketones is 1. The van der Waals surface area contributed by atoms with Crippen LogP contribution < -0.4 is 0 Å². The van der Waals surface area contributed by atoms with E-state index in [-0.39, 0.29) is 5.78 Å². The van der Waals surface area contributed by atoms with Crippen molar-refractivity contribution in [3.63, 3.8) is 0 Å². The molecule has 0 bridgehead atoms. The van der Waals surface area contributed by atoms with Gasteiger partial charge in [0.05, 0.1) is 0 Å². The molecule has 2 rings (SSSR count). The molecule has 4 heteroatoms. The van der Waals surface area contributed by atoms with E-state index in [2.05, 4.69) is 10.1 Å². The first-order valence-corrected chi connectivity index (χ1v) is 4.79. The maximum Gasteiger partial charge on any atom is 0.212 e. The Labute approximate surface area is 87.6 Å². The zero-order valence-electron chi connectivity index (χ0n) is 8.42. The SMILES string of the molecule is CCn1nccc1C(=O)c1cccnc1. The average molecular weight is 201 g/mol. The van der Waals surface area contributed by atoms with E-state index in [0.717, 1.165) is 0 Å². The number of carbonyl (C=O) groups excluding carboxylic acids is 1. The van der Waals surface area contributed by atoms with Crippen molar-refractivity contribution in [2.75, 3.05) is 0 Å². The highest BCUT2D eigenvalue weighted by Crippen LogP contribution is 2.07. The topological polar surface area (TPSA) is 47.8 Å². The van der Waals surface area contributed by atoms with E-state index in [1.54, 1.807) is 41.5 Å². The Kier molecular flexibility index (Phi) is 2.58. The molecule has 0 aromatic carbocycles. The Balaban J connectivity index is 2.37. The lowest BCUT2D eigenvalue weighted by atomic mass is 10.1. The number of carbonyl (C=O) groups is 1. The minimum atomic E-state index is -0.0394. The summed E-state index contributed by atoms with van der Waals surface area (Å²) in [4.78, 5) is 15.9. The summed E-state index contributed by atoms with van der Waals surface area (Å²) in [7, 11) is 0. The van der Waals surface area contributed by atoms with E-state index in [1.807, 2.05) is 6.92 Å². The molecule has 0 spiro atoms. The van der Waals surface area contributed by atoms with Gasteiger partial charge in [-0.1, -0.05) is 0 Å². The first-order chi connectivity index (χ1) is 7.33. The maximum atomic E-state index is 12.0. The molecule has 0 aliphatic heterocycles. The van der Waals surface area contributed by atoms with Crippen molar-refractivity contribution in [3.05, 3.63) is 48.0 Å². The van der Waals surface area contributed by atoms with Gasteiger partial charge >= 0.3 is 0 Å². The van der Waals surface area contributed by atoms with E-state index in [9.17, 15) is 4.79 Å². The van der Waals surface area contributed by atoms with Crippen molar-refractivity contribution >= 4 is 5.78 Å². The summed E-state index contributed by atoms with van der Waals surface area (Å²) >= 11 is 0. The average Bonchev–Trinajstić information content (AvgIpc) is 2.77. The zero-order chi connectivity index (χ0) is 10.7. The first kappa shape index (κ1) is 9.58. The third-order valence-electron chi connectivity index (χ3n) is 2.17. The number of aryl methyl sites for hydroxylation is 1. The first-order valence-electron chi connectivity index (χ1n) is 4.79. The lowest BCUT2D eigenvalue weighted by Gasteiger charge is -2.02. The molecule has 76 valence electrons. The van der Waals surface area contributed by atoms with Gasteiger partial charge in [0.2, 0.25) is 5.78 Å². The van der Waals surface area contributed by atoms with Gasteiger partial charge in [-0.15, -0.1) is 0 Å². The van der Waals surface area contributed by atoms with E-state index >= 15 is 0 Å². The highest BCUT2D eigenvalue weighted by atomic mass is 16.1. The molecule has 4 nitrogen and oxygen atoms in total. The monoisotopic (exact) mass is 201 g/mol. The van der Waals surface area contributed by atoms with Gasteiger partial charge in [-0.05, 0) is 25.1 Å². The number of hydrogen-bond acceptors (Lipinski definition) is 3. The van der Waals surface area contributed by atoms with E-state index in [0.29, 0.717) is 17.8 Å². The molecule has 15 heavy (non-hydrogen) atoms. The molecule has 0 saturated carbocycles. The fourth-order valence-corrected chi connectivity index (χ4v) is 1.42. The summed E-state index contributed by atoms with van der Waals surface area (Å²) in [5.41, 5.74) is 1.19. The Morgan fingerprint density at radius 3 is 2.93 bits per heavy atom. The fraction of sp³-hybridized carbons (Fsp3) is 0.182. The van der Waals surface area contributed by atoms with Crippen molar-refractivity contribution in [3.8, 4) is 0 Å². The van der Waals surface area contributed by atoms with E-state index < -0.39 is 0 Å². The van der Waals surface area contributed by atoms with Crippen LogP contribution in [0.1, 0.15) is 23.0 Å². The van der Waals surface area contributed by atoms with Crippen LogP contribution >= 0.6 is 0 Å². The molecule has 2 aromatic heterocycles. The quantitative estimate of drug-likeness (QED) is 0.707. The van der Waals surface area contributed by atoms with Crippen LogP contribution in [-0.4, -0.2) is 20.5 Å². The second-order valence-corrected chi connectivity index (χ2v) is 3.10. The van der Waals surface area contributed by atoms with Crippen LogP contribution in [0.2, 0.25) is 0 Å². The maximum absolute atomic E-state index is 12.0. The second-order valence-electron chi connectivity index (χ2n) is 3.10. The van der Waals surface area contributed by atoms with E-state index in [1.165, 1.54) is 0 Å². The third-order valence-corrected chi connectivity index (χ3v) is 2.17. The molecule has 0 atom stereocenters. The predicted octanol–water partition coefficient (Wildman–Crippen LogP) is 1.53. The van der Waals surface area contributed by atoms with Crippen molar-refractivity contribution in [2.24, 2.45) is 0 Å². The second kappa shape index (κ2) is 4.04. The third kappa shape index (κ3) is 1.79. The molecule has 0 radical (unpaired) electrons. The molecule has 0 saturated heterocycles. The lowest BCUT2D eigenvalue weighted by Crippen LogP contribution is -2.10. The van der Waals surface area contributed by atoms with Crippen molar-refractivity contribution in [1.29, 1.82) is 0 Å². The molecule has 0 fully saturated rings. The van der Waals surface area contributed by atoms with Gasteiger partial charge in [0.15, 0.2) is 0 Å². The summed E-state index contributed by atoms with van der Waals surface area (Å²) in [6, 6.07) is 5.22. The van der Waals surface area contributed by atoms with E-state index in [4.69, 9.17) is 0 Å². The standard InChI is InChI=1S/C11H11N3O/c1-2-14-10(5-7-13-14)11(15)9-4-3-6-12-8-9/h3-8H,2H2,1H3. The van der Waals surface area contributed by atoms with Crippen molar-refractivity contribution in [2.45, 2.75) is 13.5 Å². The minimum absolute atomic E-state index is 0.0394. The van der Waals surface area contributed by atoms with Gasteiger partial charge in [0.1, 0.15) is 5.69 Å². The Morgan fingerprint density at radius 2 is 2.27 bits per heavy atom. The van der Waals surface area contributed by atoms with Crippen LogP contribution in [0.15, 0.2) is 36.8 Å². The normalized spacial score (nSPS) is 10.2. The Morgan fingerprint density at radius 1 is 1.40 bits per heavy atom. The molecule has 2 aromatic rings. The van der Waals surface area contributed by atoms with Crippen LogP contribution in [0.25, 0.3) is 0 Å².